The number of hydrogen-bond donors (Lipinski definition) is 1. The lowest BCUT2D eigenvalue weighted by Crippen LogP contribution is -2.49. The van der Waals surface area contributed by atoms with E-state index in [1.165, 1.54) is 10.4 Å². The van der Waals surface area contributed by atoms with E-state index in [0.717, 1.165) is 31.2 Å². The van der Waals surface area contributed by atoms with Crippen molar-refractivity contribution >= 4 is 15.9 Å². The monoisotopic (exact) mass is 560 g/mol. The van der Waals surface area contributed by atoms with Gasteiger partial charge in [-0.05, 0) is 75.5 Å². The molecular formula is C29H41FN4O4S. The zero-order valence-corrected chi connectivity index (χ0v) is 23.8. The highest BCUT2D eigenvalue weighted by molar-refractivity contribution is 7.89. The predicted octanol–water partition coefficient (Wildman–Crippen LogP) is 3.13. The molecule has 0 bridgehead atoms. The molecule has 1 aliphatic carbocycles. The van der Waals surface area contributed by atoms with Crippen LogP contribution < -0.4 is 5.32 Å². The summed E-state index contributed by atoms with van der Waals surface area (Å²) in [5.41, 5.74) is 1.00. The molecule has 1 saturated heterocycles. The standard InChI is InChI=1S/C29H41FN4O4S/c1-32(2)29(24-7-6-8-25(30)21-24)23-11-13-26(14-12-23)31-28(35)22-38-20-19-33-15-17-34(18-16-33)39(36,37)27-9-4-3-5-10-27/h3-10,21,23,26,29H,11-20,22H2,1-2H3,(H,31,35). The van der Waals surface area contributed by atoms with Crippen molar-refractivity contribution in [1.82, 2.24) is 19.4 Å². The highest BCUT2D eigenvalue weighted by atomic mass is 32.2. The summed E-state index contributed by atoms with van der Waals surface area (Å²) < 4.78 is 46.5. The summed E-state index contributed by atoms with van der Waals surface area (Å²) in [7, 11) is 0.610. The lowest BCUT2D eigenvalue weighted by atomic mass is 9.78. The molecule has 214 valence electrons. The molecule has 1 saturated carbocycles. The molecule has 2 aliphatic rings. The molecule has 0 aromatic heterocycles. The summed E-state index contributed by atoms with van der Waals surface area (Å²) in [4.78, 5) is 17.1. The van der Waals surface area contributed by atoms with Crippen molar-refractivity contribution in [2.24, 2.45) is 5.92 Å². The fourth-order valence-electron chi connectivity index (χ4n) is 5.82. The van der Waals surface area contributed by atoms with Crippen LogP contribution in [0.5, 0.6) is 0 Å². The Morgan fingerprint density at radius 1 is 1.03 bits per heavy atom. The maximum absolute atomic E-state index is 13.8. The fourth-order valence-corrected chi connectivity index (χ4v) is 7.27. The summed E-state index contributed by atoms with van der Waals surface area (Å²) in [5.74, 6) is 0.0967. The molecule has 0 spiro atoms. The summed E-state index contributed by atoms with van der Waals surface area (Å²) in [5, 5.41) is 3.11. The van der Waals surface area contributed by atoms with E-state index in [2.05, 4.69) is 15.1 Å². The van der Waals surface area contributed by atoms with Crippen LogP contribution in [0.15, 0.2) is 59.5 Å². The second kappa shape index (κ2) is 13.8. The van der Waals surface area contributed by atoms with Crippen LogP contribution in [0.1, 0.15) is 37.3 Å². The number of nitrogens with one attached hydrogen (secondary N) is 1. The molecule has 1 unspecified atom stereocenters. The van der Waals surface area contributed by atoms with Crippen LogP contribution in [0, 0.1) is 11.7 Å². The van der Waals surface area contributed by atoms with E-state index >= 15 is 0 Å². The number of halogens is 1. The molecule has 1 aliphatic heterocycles. The topological polar surface area (TPSA) is 82.2 Å². The first-order chi connectivity index (χ1) is 18.7. The molecule has 1 N–H and O–H groups in total. The van der Waals surface area contributed by atoms with Gasteiger partial charge in [0, 0.05) is 44.8 Å². The van der Waals surface area contributed by atoms with Gasteiger partial charge in [0.05, 0.1) is 11.5 Å². The number of carbonyl (C=O) groups excluding carboxylic acids is 1. The van der Waals surface area contributed by atoms with E-state index in [1.54, 1.807) is 42.5 Å². The van der Waals surface area contributed by atoms with Gasteiger partial charge in [0.25, 0.3) is 0 Å². The Morgan fingerprint density at radius 3 is 2.36 bits per heavy atom. The van der Waals surface area contributed by atoms with Gasteiger partial charge in [-0.3, -0.25) is 9.69 Å². The van der Waals surface area contributed by atoms with Gasteiger partial charge in [-0.25, -0.2) is 12.8 Å². The Kier molecular flexibility index (Phi) is 10.5. The average Bonchev–Trinajstić information content (AvgIpc) is 2.93. The third kappa shape index (κ3) is 8.08. The van der Waals surface area contributed by atoms with Gasteiger partial charge in [0.1, 0.15) is 12.4 Å². The van der Waals surface area contributed by atoms with Crippen molar-refractivity contribution in [3.8, 4) is 0 Å². The molecule has 39 heavy (non-hydrogen) atoms. The quantitative estimate of drug-likeness (QED) is 0.426. The van der Waals surface area contributed by atoms with Gasteiger partial charge >= 0.3 is 0 Å². The van der Waals surface area contributed by atoms with Crippen molar-refractivity contribution in [3.63, 3.8) is 0 Å². The SMILES string of the molecule is CN(C)C(c1cccc(F)c1)C1CCC(NC(=O)COCCN2CCN(S(=O)(=O)c3ccccc3)CC2)CC1. The lowest BCUT2D eigenvalue weighted by molar-refractivity contribution is -0.126. The minimum Gasteiger partial charge on any atom is -0.370 e. The van der Waals surface area contributed by atoms with Crippen LogP contribution in [0.2, 0.25) is 0 Å². The van der Waals surface area contributed by atoms with Crippen LogP contribution in [-0.4, -0.2) is 94.5 Å². The number of ether oxygens (including phenoxy) is 1. The molecule has 4 rings (SSSR count). The lowest BCUT2D eigenvalue weighted by Gasteiger charge is -2.37. The first-order valence-corrected chi connectivity index (χ1v) is 15.2. The van der Waals surface area contributed by atoms with Crippen molar-refractivity contribution in [2.45, 2.75) is 42.7 Å². The number of nitrogens with zero attached hydrogens (tertiary/aromatic N) is 3. The minimum atomic E-state index is -3.46. The normalized spacial score (nSPS) is 22.1. The largest absolute Gasteiger partial charge is 0.370 e. The Labute approximate surface area is 232 Å². The van der Waals surface area contributed by atoms with E-state index in [0.29, 0.717) is 50.1 Å². The third-order valence-electron chi connectivity index (χ3n) is 7.83. The predicted molar refractivity (Wildman–Crippen MR) is 149 cm³/mol. The number of benzene rings is 2. The summed E-state index contributed by atoms with van der Waals surface area (Å²) in [6.07, 6.45) is 3.73. The van der Waals surface area contributed by atoms with Gasteiger partial charge < -0.3 is 15.0 Å². The second-order valence-electron chi connectivity index (χ2n) is 10.8. The third-order valence-corrected chi connectivity index (χ3v) is 9.74. The Morgan fingerprint density at radius 2 is 1.72 bits per heavy atom. The number of sulfonamides is 1. The number of hydrogen-bond acceptors (Lipinski definition) is 6. The molecule has 1 amide bonds. The van der Waals surface area contributed by atoms with Crippen LogP contribution in [0.25, 0.3) is 0 Å². The highest BCUT2D eigenvalue weighted by Crippen LogP contribution is 2.37. The Bertz CT molecular complexity index is 1160. The minimum absolute atomic E-state index is 0.0197. The van der Waals surface area contributed by atoms with Crippen LogP contribution in [-0.2, 0) is 19.6 Å². The molecule has 1 heterocycles. The van der Waals surface area contributed by atoms with E-state index in [-0.39, 0.29) is 30.4 Å². The van der Waals surface area contributed by atoms with Crippen molar-refractivity contribution in [1.29, 1.82) is 0 Å². The van der Waals surface area contributed by atoms with E-state index < -0.39 is 10.0 Å². The Balaban J connectivity index is 1.12. The summed E-state index contributed by atoms with van der Waals surface area (Å²) >= 11 is 0. The fraction of sp³-hybridized carbons (Fsp3) is 0.552. The molecule has 1 atom stereocenters. The molecular weight excluding hydrogens is 519 g/mol. The highest BCUT2D eigenvalue weighted by Gasteiger charge is 2.31. The molecule has 10 heteroatoms. The van der Waals surface area contributed by atoms with Gasteiger partial charge in [0.2, 0.25) is 15.9 Å². The molecule has 2 fully saturated rings. The zero-order valence-electron chi connectivity index (χ0n) is 23.0. The van der Waals surface area contributed by atoms with Crippen molar-refractivity contribution in [3.05, 3.63) is 66.0 Å². The molecule has 0 radical (unpaired) electrons. The molecule has 2 aromatic carbocycles. The smallest absolute Gasteiger partial charge is 0.246 e. The van der Waals surface area contributed by atoms with Crippen molar-refractivity contribution < 1.29 is 22.3 Å². The number of amides is 1. The van der Waals surface area contributed by atoms with Gasteiger partial charge in [-0.2, -0.15) is 4.31 Å². The van der Waals surface area contributed by atoms with Gasteiger partial charge in [0.15, 0.2) is 0 Å². The van der Waals surface area contributed by atoms with Gasteiger partial charge in [-0.15, -0.1) is 0 Å². The average molecular weight is 561 g/mol. The summed E-state index contributed by atoms with van der Waals surface area (Å²) in [6.45, 7) is 3.24. The van der Waals surface area contributed by atoms with E-state index in [9.17, 15) is 17.6 Å². The van der Waals surface area contributed by atoms with Crippen LogP contribution in [0.4, 0.5) is 4.39 Å². The maximum Gasteiger partial charge on any atom is 0.246 e. The van der Waals surface area contributed by atoms with Crippen LogP contribution in [0.3, 0.4) is 0 Å². The first kappa shape index (κ1) is 29.6. The number of rotatable bonds is 11. The van der Waals surface area contributed by atoms with E-state index in [1.807, 2.05) is 20.2 Å². The molecule has 2 aromatic rings. The summed E-state index contributed by atoms with van der Waals surface area (Å²) in [6, 6.07) is 15.7. The maximum atomic E-state index is 13.8. The number of piperazine rings is 1. The number of carbonyl (C=O) groups is 1. The first-order valence-electron chi connectivity index (χ1n) is 13.8. The molecule has 8 nitrogen and oxygen atoms in total. The van der Waals surface area contributed by atoms with E-state index in [4.69, 9.17) is 4.74 Å². The van der Waals surface area contributed by atoms with Crippen molar-refractivity contribution in [2.75, 3.05) is 60.0 Å². The Hall–Kier alpha value is -2.37. The van der Waals surface area contributed by atoms with Gasteiger partial charge in [-0.1, -0.05) is 30.3 Å². The zero-order chi connectivity index (χ0) is 27.8. The van der Waals surface area contributed by atoms with Crippen LogP contribution >= 0.6 is 0 Å². The second-order valence-corrected chi connectivity index (χ2v) is 12.7.